The maximum absolute atomic E-state index is 11.5. The lowest BCUT2D eigenvalue weighted by Crippen LogP contribution is -2.21. The third-order valence-corrected chi connectivity index (χ3v) is 4.60. The van der Waals surface area contributed by atoms with Crippen LogP contribution in [-0.2, 0) is 22.0 Å². The number of fused-ring (bicyclic) bond motifs is 1. The number of anilines is 1. The first-order valence-corrected chi connectivity index (χ1v) is 6.95. The number of sulfone groups is 1. The lowest BCUT2D eigenvalue weighted by Gasteiger charge is -2.14. The van der Waals surface area contributed by atoms with Crippen LogP contribution in [0.4, 0.5) is 5.82 Å². The van der Waals surface area contributed by atoms with Gasteiger partial charge in [-0.05, 0) is 19.3 Å². The van der Waals surface area contributed by atoms with Crippen LogP contribution < -0.4 is 5.73 Å². The largest absolute Gasteiger partial charge is 0.382 e. The molecule has 0 atom stereocenters. The molecule has 1 saturated carbocycles. The van der Waals surface area contributed by atoms with Gasteiger partial charge < -0.3 is 5.73 Å². The normalized spacial score (nSPS) is 23.7. The molecule has 1 aliphatic heterocycles. The zero-order valence-corrected chi connectivity index (χ0v) is 9.13. The van der Waals surface area contributed by atoms with Gasteiger partial charge in [0.2, 0.25) is 0 Å². The van der Waals surface area contributed by atoms with Gasteiger partial charge in [-0.2, -0.15) is 5.10 Å². The lowest BCUT2D eigenvalue weighted by atomic mass is 10.2. The second-order valence-electron chi connectivity index (χ2n) is 4.33. The maximum atomic E-state index is 11.5. The van der Waals surface area contributed by atoms with Crippen molar-refractivity contribution in [3.05, 3.63) is 11.3 Å². The minimum absolute atomic E-state index is 0.114. The lowest BCUT2D eigenvalue weighted by molar-refractivity contribution is 0.577. The molecule has 5 nitrogen and oxygen atoms in total. The second kappa shape index (κ2) is 2.75. The summed E-state index contributed by atoms with van der Waals surface area (Å²) in [6, 6.07) is 0.393. The molecule has 1 aromatic heterocycles. The molecule has 82 valence electrons. The Morgan fingerprint density at radius 3 is 2.80 bits per heavy atom. The molecule has 2 heterocycles. The molecule has 6 heteroatoms. The quantitative estimate of drug-likeness (QED) is 0.747. The summed E-state index contributed by atoms with van der Waals surface area (Å²) >= 11 is 0. The zero-order chi connectivity index (χ0) is 10.6. The van der Waals surface area contributed by atoms with Gasteiger partial charge in [0.05, 0.1) is 23.2 Å². The van der Waals surface area contributed by atoms with Crippen molar-refractivity contribution >= 4 is 15.7 Å². The highest BCUT2D eigenvalue weighted by Crippen LogP contribution is 2.38. The minimum Gasteiger partial charge on any atom is -0.382 e. The highest BCUT2D eigenvalue weighted by atomic mass is 32.2. The number of nitrogens with two attached hydrogens (primary N) is 1. The SMILES string of the molecule is Nc1nn(C2CC2)c2c1CCS(=O)(=O)C2. The predicted molar refractivity (Wildman–Crippen MR) is 56.1 cm³/mol. The van der Waals surface area contributed by atoms with Crippen LogP contribution in [0.5, 0.6) is 0 Å². The summed E-state index contributed by atoms with van der Waals surface area (Å²) in [5, 5.41) is 4.25. The van der Waals surface area contributed by atoms with Gasteiger partial charge in [-0.1, -0.05) is 0 Å². The van der Waals surface area contributed by atoms with Gasteiger partial charge in [-0.25, -0.2) is 8.42 Å². The van der Waals surface area contributed by atoms with Gasteiger partial charge in [0.1, 0.15) is 5.82 Å². The molecule has 0 saturated heterocycles. The molecule has 0 radical (unpaired) electrons. The first kappa shape index (κ1) is 9.21. The monoisotopic (exact) mass is 227 g/mol. The van der Waals surface area contributed by atoms with Gasteiger partial charge in [0, 0.05) is 5.56 Å². The first-order valence-electron chi connectivity index (χ1n) is 5.13. The molecule has 1 aromatic rings. The van der Waals surface area contributed by atoms with Gasteiger partial charge in [-0.15, -0.1) is 0 Å². The van der Waals surface area contributed by atoms with E-state index < -0.39 is 9.84 Å². The number of rotatable bonds is 1. The molecule has 1 fully saturated rings. The Morgan fingerprint density at radius 2 is 2.13 bits per heavy atom. The fourth-order valence-corrected chi connectivity index (χ4v) is 3.49. The zero-order valence-electron chi connectivity index (χ0n) is 8.31. The van der Waals surface area contributed by atoms with Gasteiger partial charge in [0.15, 0.2) is 9.84 Å². The number of hydrogen-bond donors (Lipinski definition) is 1. The molecule has 1 aliphatic carbocycles. The molecule has 0 amide bonds. The summed E-state index contributed by atoms with van der Waals surface area (Å²) in [5.74, 6) is 0.843. The van der Waals surface area contributed by atoms with Crippen LogP contribution in [0, 0.1) is 0 Å². The summed E-state index contributed by atoms with van der Waals surface area (Å²) < 4.78 is 24.9. The molecular weight excluding hydrogens is 214 g/mol. The smallest absolute Gasteiger partial charge is 0.156 e. The van der Waals surface area contributed by atoms with E-state index in [0.29, 0.717) is 18.3 Å². The summed E-state index contributed by atoms with van der Waals surface area (Å²) in [4.78, 5) is 0. The summed E-state index contributed by atoms with van der Waals surface area (Å²) in [7, 11) is -2.93. The van der Waals surface area contributed by atoms with Crippen LogP contribution in [-0.4, -0.2) is 24.0 Å². The average Bonchev–Trinajstić information content (AvgIpc) is 2.92. The predicted octanol–water partition coefficient (Wildman–Crippen LogP) is 0.271. The van der Waals surface area contributed by atoms with E-state index in [2.05, 4.69) is 5.10 Å². The van der Waals surface area contributed by atoms with Crippen molar-refractivity contribution in [2.24, 2.45) is 0 Å². The molecule has 15 heavy (non-hydrogen) atoms. The topological polar surface area (TPSA) is 78.0 Å². The fourth-order valence-electron chi connectivity index (χ4n) is 2.11. The first-order chi connectivity index (χ1) is 7.07. The molecular formula is C9H13N3O2S. The third-order valence-electron chi connectivity index (χ3n) is 3.06. The Bertz CT molecular complexity index is 514. The van der Waals surface area contributed by atoms with Crippen molar-refractivity contribution in [3.8, 4) is 0 Å². The van der Waals surface area contributed by atoms with E-state index in [1.54, 1.807) is 0 Å². The summed E-state index contributed by atoms with van der Waals surface area (Å²) in [6.45, 7) is 0. The highest BCUT2D eigenvalue weighted by molar-refractivity contribution is 7.90. The van der Waals surface area contributed by atoms with Crippen molar-refractivity contribution in [3.63, 3.8) is 0 Å². The van der Waals surface area contributed by atoms with Crippen LogP contribution in [0.15, 0.2) is 0 Å². The van der Waals surface area contributed by atoms with Crippen molar-refractivity contribution in [2.75, 3.05) is 11.5 Å². The molecule has 0 spiro atoms. The number of nitrogen functional groups attached to an aromatic ring is 1. The van der Waals surface area contributed by atoms with E-state index in [-0.39, 0.29) is 11.5 Å². The number of aromatic nitrogens is 2. The summed E-state index contributed by atoms with van der Waals surface area (Å²) in [6.07, 6.45) is 2.71. The molecule has 2 aliphatic rings. The van der Waals surface area contributed by atoms with E-state index >= 15 is 0 Å². The van der Waals surface area contributed by atoms with Gasteiger partial charge in [0.25, 0.3) is 0 Å². The van der Waals surface area contributed by atoms with Crippen LogP contribution >= 0.6 is 0 Å². The average molecular weight is 227 g/mol. The van der Waals surface area contributed by atoms with Crippen LogP contribution in [0.2, 0.25) is 0 Å². The Balaban J connectivity index is 2.13. The Kier molecular flexibility index (Phi) is 1.69. The molecule has 0 aromatic carbocycles. The maximum Gasteiger partial charge on any atom is 0.156 e. The van der Waals surface area contributed by atoms with Crippen molar-refractivity contribution in [1.29, 1.82) is 0 Å². The summed E-state index contributed by atoms with van der Waals surface area (Å²) in [5.41, 5.74) is 7.58. The number of nitrogens with zero attached hydrogens (tertiary/aromatic N) is 2. The molecule has 3 rings (SSSR count). The fraction of sp³-hybridized carbons (Fsp3) is 0.667. The second-order valence-corrected chi connectivity index (χ2v) is 6.51. The van der Waals surface area contributed by atoms with E-state index in [9.17, 15) is 8.42 Å². The van der Waals surface area contributed by atoms with Gasteiger partial charge in [-0.3, -0.25) is 4.68 Å². The molecule has 2 N–H and O–H groups in total. The van der Waals surface area contributed by atoms with E-state index in [4.69, 9.17) is 5.73 Å². The Labute approximate surface area is 88.2 Å². The minimum atomic E-state index is -2.93. The van der Waals surface area contributed by atoms with E-state index in [0.717, 1.165) is 24.1 Å². The standard InChI is InChI=1S/C9H13N3O2S/c10-9-7-3-4-15(13,14)5-8(7)12(11-9)6-1-2-6/h6H,1-5H2,(H2,10,11). The van der Waals surface area contributed by atoms with Crippen LogP contribution in [0.25, 0.3) is 0 Å². The van der Waals surface area contributed by atoms with Crippen LogP contribution in [0.1, 0.15) is 30.1 Å². The van der Waals surface area contributed by atoms with Gasteiger partial charge >= 0.3 is 0 Å². The highest BCUT2D eigenvalue weighted by Gasteiger charge is 2.33. The van der Waals surface area contributed by atoms with Crippen molar-refractivity contribution in [1.82, 2.24) is 9.78 Å². The molecule has 0 bridgehead atoms. The number of hydrogen-bond acceptors (Lipinski definition) is 4. The van der Waals surface area contributed by atoms with Crippen LogP contribution in [0.3, 0.4) is 0 Å². The van der Waals surface area contributed by atoms with E-state index in [1.165, 1.54) is 0 Å². The third kappa shape index (κ3) is 1.43. The Hall–Kier alpha value is -1.04. The van der Waals surface area contributed by atoms with E-state index in [1.807, 2.05) is 4.68 Å². The van der Waals surface area contributed by atoms with Crippen molar-refractivity contribution < 1.29 is 8.42 Å². The Morgan fingerprint density at radius 1 is 1.40 bits per heavy atom. The molecule has 0 unspecified atom stereocenters. The van der Waals surface area contributed by atoms with Crippen molar-refractivity contribution in [2.45, 2.75) is 31.1 Å².